The minimum atomic E-state index is -0.430. The molecule has 178 valence electrons. The highest BCUT2D eigenvalue weighted by molar-refractivity contribution is 6.42. The molecule has 2 aliphatic rings. The average Bonchev–Trinajstić information content (AvgIpc) is 3.24. The van der Waals surface area contributed by atoms with Gasteiger partial charge in [0, 0.05) is 11.6 Å². The monoisotopic (exact) mass is 511 g/mol. The lowest BCUT2D eigenvalue weighted by Gasteiger charge is -2.29. The SMILES string of the molecule is O=C(Nc1ccc(Cl)c(Cl)c1)N1N=C2/C(=C\c3ccc(F)cc3)CCC[C@H]2[C@@H]1c1ccc(F)cc1. The first kappa shape index (κ1) is 23.5. The number of carbonyl (C=O) groups excluding carboxylic acids is 1. The number of nitrogens with zero attached hydrogens (tertiary/aromatic N) is 2. The van der Waals surface area contributed by atoms with Crippen molar-refractivity contribution in [3.05, 3.63) is 105 Å². The van der Waals surface area contributed by atoms with Crippen molar-refractivity contribution in [3.8, 4) is 0 Å². The summed E-state index contributed by atoms with van der Waals surface area (Å²) in [4.78, 5) is 13.4. The van der Waals surface area contributed by atoms with E-state index in [1.165, 1.54) is 29.3 Å². The number of fused-ring (bicyclic) bond motifs is 1. The van der Waals surface area contributed by atoms with E-state index in [4.69, 9.17) is 28.3 Å². The van der Waals surface area contributed by atoms with E-state index >= 15 is 0 Å². The van der Waals surface area contributed by atoms with Crippen LogP contribution in [0.5, 0.6) is 0 Å². The van der Waals surface area contributed by atoms with E-state index in [9.17, 15) is 13.6 Å². The molecule has 1 fully saturated rings. The van der Waals surface area contributed by atoms with Crippen LogP contribution in [-0.4, -0.2) is 16.8 Å². The lowest BCUT2D eigenvalue weighted by atomic mass is 9.77. The highest BCUT2D eigenvalue weighted by atomic mass is 35.5. The minimum Gasteiger partial charge on any atom is -0.306 e. The van der Waals surface area contributed by atoms with Crippen LogP contribution in [0, 0.1) is 17.6 Å². The highest BCUT2D eigenvalue weighted by Crippen LogP contribution is 2.44. The molecule has 0 aromatic heterocycles. The number of amides is 2. The second-order valence-electron chi connectivity index (χ2n) is 8.61. The van der Waals surface area contributed by atoms with Crippen LogP contribution in [0.4, 0.5) is 19.3 Å². The predicted molar refractivity (Wildman–Crippen MR) is 136 cm³/mol. The van der Waals surface area contributed by atoms with E-state index in [0.29, 0.717) is 15.7 Å². The number of hydrogen-bond donors (Lipinski definition) is 1. The summed E-state index contributed by atoms with van der Waals surface area (Å²) in [6, 6.07) is 16.4. The van der Waals surface area contributed by atoms with Crippen molar-refractivity contribution in [2.24, 2.45) is 11.0 Å². The zero-order valence-electron chi connectivity index (χ0n) is 18.5. The Balaban J connectivity index is 1.51. The zero-order chi connectivity index (χ0) is 24.5. The molecule has 35 heavy (non-hydrogen) atoms. The number of hydrogen-bond acceptors (Lipinski definition) is 2. The molecule has 8 heteroatoms. The molecule has 0 bridgehead atoms. The van der Waals surface area contributed by atoms with Crippen molar-refractivity contribution in [2.75, 3.05) is 5.32 Å². The van der Waals surface area contributed by atoms with Crippen LogP contribution < -0.4 is 5.32 Å². The summed E-state index contributed by atoms with van der Waals surface area (Å²) >= 11 is 12.1. The van der Waals surface area contributed by atoms with Gasteiger partial charge in [-0.25, -0.2) is 18.6 Å². The molecule has 2 amide bonds. The van der Waals surface area contributed by atoms with Gasteiger partial charge in [0.05, 0.1) is 21.8 Å². The maximum Gasteiger partial charge on any atom is 0.342 e. The van der Waals surface area contributed by atoms with Crippen LogP contribution in [0.25, 0.3) is 6.08 Å². The third kappa shape index (κ3) is 4.95. The molecule has 0 unspecified atom stereocenters. The molecule has 1 saturated carbocycles. The molecular formula is C27H21Cl2F2N3O. The van der Waals surface area contributed by atoms with E-state index < -0.39 is 12.1 Å². The number of allylic oxidation sites excluding steroid dienone is 1. The van der Waals surface area contributed by atoms with E-state index in [1.54, 1.807) is 42.5 Å². The number of carbonyl (C=O) groups is 1. The van der Waals surface area contributed by atoms with Gasteiger partial charge in [-0.05, 0) is 84.5 Å². The highest BCUT2D eigenvalue weighted by Gasteiger charge is 2.43. The molecule has 4 nitrogen and oxygen atoms in total. The van der Waals surface area contributed by atoms with Crippen LogP contribution in [0.1, 0.15) is 36.4 Å². The molecule has 5 rings (SSSR count). The quantitative estimate of drug-likeness (QED) is 0.379. The van der Waals surface area contributed by atoms with Crippen LogP contribution in [-0.2, 0) is 0 Å². The summed E-state index contributed by atoms with van der Waals surface area (Å²) in [6.45, 7) is 0. The number of anilines is 1. The first-order valence-corrected chi connectivity index (χ1v) is 12.0. The van der Waals surface area contributed by atoms with Crippen molar-refractivity contribution < 1.29 is 13.6 Å². The average molecular weight is 512 g/mol. The Hall–Kier alpha value is -3.22. The van der Waals surface area contributed by atoms with Gasteiger partial charge in [-0.15, -0.1) is 0 Å². The Morgan fingerprint density at radius 3 is 2.34 bits per heavy atom. The van der Waals surface area contributed by atoms with E-state index in [2.05, 4.69) is 5.32 Å². The fourth-order valence-electron chi connectivity index (χ4n) is 4.68. The lowest BCUT2D eigenvalue weighted by Crippen LogP contribution is -2.34. The van der Waals surface area contributed by atoms with Gasteiger partial charge in [0.2, 0.25) is 0 Å². The predicted octanol–water partition coefficient (Wildman–Crippen LogP) is 8.10. The zero-order valence-corrected chi connectivity index (χ0v) is 20.0. The molecular weight excluding hydrogens is 491 g/mol. The molecule has 1 heterocycles. The standard InChI is InChI=1S/C27H21Cl2F2N3O/c28-23-13-12-21(15-24(23)29)32-27(35)34-26(17-6-10-20(31)11-7-17)22-3-1-2-18(25(22)33-34)14-16-4-8-19(30)9-5-16/h4-15,22,26H,1-3H2,(H,32,35)/b18-14-/t22-,26+/m1/s1. The fraction of sp³-hybridized carbons (Fsp3) is 0.185. The van der Waals surface area contributed by atoms with Crippen LogP contribution in [0.15, 0.2) is 77.4 Å². The van der Waals surface area contributed by atoms with Gasteiger partial charge >= 0.3 is 6.03 Å². The smallest absolute Gasteiger partial charge is 0.306 e. The Morgan fingerprint density at radius 1 is 0.971 bits per heavy atom. The fourth-order valence-corrected chi connectivity index (χ4v) is 4.97. The summed E-state index contributed by atoms with van der Waals surface area (Å²) in [5.41, 5.74) is 3.97. The number of halogens is 4. The molecule has 0 saturated heterocycles. The second kappa shape index (κ2) is 9.80. The maximum absolute atomic E-state index is 13.7. The van der Waals surface area contributed by atoms with Gasteiger partial charge in [-0.1, -0.05) is 47.5 Å². The summed E-state index contributed by atoms with van der Waals surface area (Å²) in [5.74, 6) is -0.700. The molecule has 2 atom stereocenters. The van der Waals surface area contributed by atoms with Gasteiger partial charge in [-0.2, -0.15) is 5.10 Å². The molecule has 1 aliphatic carbocycles. The molecule has 1 aliphatic heterocycles. The van der Waals surface area contributed by atoms with E-state index in [0.717, 1.165) is 41.7 Å². The van der Waals surface area contributed by atoms with Crippen molar-refractivity contribution in [3.63, 3.8) is 0 Å². The number of nitrogens with one attached hydrogen (secondary N) is 1. The molecule has 0 radical (unpaired) electrons. The normalized spacial score (nSPS) is 20.5. The Kier molecular flexibility index (Phi) is 6.58. The van der Waals surface area contributed by atoms with Gasteiger partial charge in [0.15, 0.2) is 0 Å². The van der Waals surface area contributed by atoms with Crippen molar-refractivity contribution in [1.29, 1.82) is 0 Å². The van der Waals surface area contributed by atoms with Gasteiger partial charge in [-0.3, -0.25) is 0 Å². The van der Waals surface area contributed by atoms with Gasteiger partial charge < -0.3 is 5.32 Å². The lowest BCUT2D eigenvalue weighted by molar-refractivity contribution is 0.188. The number of rotatable bonds is 3. The van der Waals surface area contributed by atoms with E-state index in [-0.39, 0.29) is 17.6 Å². The van der Waals surface area contributed by atoms with Crippen molar-refractivity contribution in [1.82, 2.24) is 5.01 Å². The number of benzene rings is 3. The first-order chi connectivity index (χ1) is 16.9. The van der Waals surface area contributed by atoms with Crippen LogP contribution in [0.2, 0.25) is 10.0 Å². The summed E-state index contributed by atoms with van der Waals surface area (Å²) < 4.78 is 27.0. The number of hydrazone groups is 1. The topological polar surface area (TPSA) is 44.7 Å². The Bertz CT molecular complexity index is 1320. The molecule has 3 aromatic carbocycles. The Labute approximate surface area is 211 Å². The largest absolute Gasteiger partial charge is 0.342 e. The van der Waals surface area contributed by atoms with E-state index in [1.807, 2.05) is 6.08 Å². The summed E-state index contributed by atoms with van der Waals surface area (Å²) in [7, 11) is 0. The summed E-state index contributed by atoms with van der Waals surface area (Å²) in [5, 5.41) is 9.75. The third-order valence-corrected chi connectivity index (χ3v) is 7.04. The van der Waals surface area contributed by atoms with Gasteiger partial charge in [0.25, 0.3) is 0 Å². The molecule has 3 aromatic rings. The van der Waals surface area contributed by atoms with Crippen LogP contribution in [0.3, 0.4) is 0 Å². The van der Waals surface area contributed by atoms with Crippen molar-refractivity contribution >= 4 is 46.7 Å². The van der Waals surface area contributed by atoms with Crippen molar-refractivity contribution in [2.45, 2.75) is 25.3 Å². The second-order valence-corrected chi connectivity index (χ2v) is 9.42. The summed E-state index contributed by atoms with van der Waals surface area (Å²) in [6.07, 6.45) is 4.53. The molecule has 1 N–H and O–H groups in total. The van der Waals surface area contributed by atoms with Gasteiger partial charge in [0.1, 0.15) is 11.6 Å². The molecule has 0 spiro atoms. The Morgan fingerprint density at radius 2 is 1.66 bits per heavy atom. The maximum atomic E-state index is 13.7. The minimum absolute atomic E-state index is 0.0551. The van der Waals surface area contributed by atoms with Crippen LogP contribution >= 0.6 is 23.2 Å². The number of urea groups is 1. The first-order valence-electron chi connectivity index (χ1n) is 11.2. The third-order valence-electron chi connectivity index (χ3n) is 6.30.